The van der Waals surface area contributed by atoms with E-state index in [1.165, 1.54) is 23.1 Å². The Bertz CT molecular complexity index is 1070. The fourth-order valence-electron chi connectivity index (χ4n) is 2.20. The average Bonchev–Trinajstić information content (AvgIpc) is 3.28. The van der Waals surface area contributed by atoms with Crippen molar-refractivity contribution < 1.29 is 4.42 Å². The number of hydrogen-bond donors (Lipinski definition) is 0. The summed E-state index contributed by atoms with van der Waals surface area (Å²) in [6.07, 6.45) is 0. The van der Waals surface area contributed by atoms with Crippen molar-refractivity contribution in [1.82, 2.24) is 20.0 Å². The molecule has 5 nitrogen and oxygen atoms in total. The molecule has 0 amide bonds. The van der Waals surface area contributed by atoms with Crippen LogP contribution in [0.25, 0.3) is 17.1 Å². The zero-order valence-electron chi connectivity index (χ0n) is 13.2. The Labute approximate surface area is 171 Å². The number of nitrogens with zero attached hydrogens (tertiary/aromatic N) is 4. The Morgan fingerprint density at radius 2 is 1.85 bits per heavy atom. The van der Waals surface area contributed by atoms with Gasteiger partial charge in [0.25, 0.3) is 0 Å². The van der Waals surface area contributed by atoms with E-state index in [2.05, 4.69) is 31.2 Å². The maximum absolute atomic E-state index is 5.74. The Balaban J connectivity index is 1.47. The summed E-state index contributed by atoms with van der Waals surface area (Å²) in [5.41, 5.74) is 1.84. The van der Waals surface area contributed by atoms with Crippen molar-refractivity contribution in [2.45, 2.75) is 10.1 Å². The van der Waals surface area contributed by atoms with Crippen molar-refractivity contribution in [3.8, 4) is 17.1 Å². The van der Waals surface area contributed by atoms with E-state index in [-0.39, 0.29) is 0 Å². The van der Waals surface area contributed by atoms with Crippen LogP contribution < -0.4 is 0 Å². The predicted octanol–water partition coefficient (Wildman–Crippen LogP) is 5.77. The lowest BCUT2D eigenvalue weighted by Crippen LogP contribution is -1.95. The van der Waals surface area contributed by atoms with E-state index in [0.717, 1.165) is 20.1 Å². The van der Waals surface area contributed by atoms with Gasteiger partial charge < -0.3 is 4.42 Å². The molecule has 2 aromatic carbocycles. The van der Waals surface area contributed by atoms with E-state index in [1.807, 2.05) is 54.6 Å². The highest BCUT2D eigenvalue weighted by molar-refractivity contribution is 9.10. The highest BCUT2D eigenvalue weighted by Crippen LogP contribution is 2.28. The third-order valence-electron chi connectivity index (χ3n) is 3.41. The second-order valence-electron chi connectivity index (χ2n) is 5.18. The standard InChI is InChI=1S/C17H11BrN4OS3/c18-12-8-6-11(7-9-12)15-20-19-14(23-15)10-25-16-21-22(17(24)26-16)13-4-2-1-3-5-13/h1-9H,10H2. The molecule has 9 heteroatoms. The summed E-state index contributed by atoms with van der Waals surface area (Å²) in [4.78, 5) is 0. The molecule has 0 fully saturated rings. The molecule has 0 spiro atoms. The number of rotatable bonds is 5. The van der Waals surface area contributed by atoms with E-state index in [9.17, 15) is 0 Å². The molecule has 0 aliphatic heterocycles. The lowest BCUT2D eigenvalue weighted by atomic mass is 10.2. The molecule has 4 rings (SSSR count). The molecular formula is C17H11BrN4OS3. The van der Waals surface area contributed by atoms with Gasteiger partial charge in [0.2, 0.25) is 11.8 Å². The molecule has 0 aliphatic carbocycles. The monoisotopic (exact) mass is 462 g/mol. The SMILES string of the molecule is S=c1sc(SCc2nnc(-c3ccc(Br)cc3)o2)nn1-c1ccccc1. The van der Waals surface area contributed by atoms with Crippen LogP contribution in [0.2, 0.25) is 0 Å². The molecule has 26 heavy (non-hydrogen) atoms. The Hall–Kier alpha value is -1.81. The van der Waals surface area contributed by atoms with Gasteiger partial charge in [-0.25, -0.2) is 4.68 Å². The minimum absolute atomic E-state index is 0.510. The summed E-state index contributed by atoms with van der Waals surface area (Å²) in [6.45, 7) is 0. The van der Waals surface area contributed by atoms with Crippen LogP contribution in [0, 0.1) is 3.95 Å². The minimum atomic E-state index is 0.510. The first-order chi connectivity index (χ1) is 12.7. The minimum Gasteiger partial charge on any atom is -0.420 e. The van der Waals surface area contributed by atoms with Crippen LogP contribution in [0.15, 0.2) is 67.8 Å². The van der Waals surface area contributed by atoms with Gasteiger partial charge in [0.15, 0.2) is 8.29 Å². The first kappa shape index (κ1) is 17.6. The van der Waals surface area contributed by atoms with Gasteiger partial charge in [0, 0.05) is 10.0 Å². The van der Waals surface area contributed by atoms with E-state index < -0.39 is 0 Å². The molecule has 130 valence electrons. The van der Waals surface area contributed by atoms with Gasteiger partial charge in [-0.1, -0.05) is 57.2 Å². The third kappa shape index (κ3) is 3.96. The number of aromatic nitrogens is 4. The Morgan fingerprint density at radius 3 is 2.62 bits per heavy atom. The Kier molecular flexibility index (Phi) is 5.30. The van der Waals surface area contributed by atoms with Crippen LogP contribution in [0.1, 0.15) is 5.89 Å². The summed E-state index contributed by atoms with van der Waals surface area (Å²) in [7, 11) is 0. The molecular weight excluding hydrogens is 452 g/mol. The molecule has 2 heterocycles. The zero-order chi connectivity index (χ0) is 17.9. The van der Waals surface area contributed by atoms with Crippen LogP contribution in [0.4, 0.5) is 0 Å². The lowest BCUT2D eigenvalue weighted by molar-refractivity contribution is 0.528. The van der Waals surface area contributed by atoms with Crippen LogP contribution in [0.3, 0.4) is 0 Å². The number of hydrogen-bond acceptors (Lipinski definition) is 7. The van der Waals surface area contributed by atoms with E-state index >= 15 is 0 Å². The second-order valence-corrected chi connectivity index (χ2v) is 8.94. The molecule has 0 atom stereocenters. The van der Waals surface area contributed by atoms with Gasteiger partial charge in [-0.05, 0) is 48.6 Å². The van der Waals surface area contributed by atoms with Crippen LogP contribution in [-0.4, -0.2) is 20.0 Å². The highest BCUT2D eigenvalue weighted by Gasteiger charge is 2.11. The second kappa shape index (κ2) is 7.83. The number of benzene rings is 2. The van der Waals surface area contributed by atoms with Crippen molar-refractivity contribution in [3.63, 3.8) is 0 Å². The quantitative estimate of drug-likeness (QED) is 0.277. The van der Waals surface area contributed by atoms with Crippen molar-refractivity contribution in [2.24, 2.45) is 0 Å². The van der Waals surface area contributed by atoms with Crippen molar-refractivity contribution in [3.05, 3.63) is 68.9 Å². The molecule has 0 N–H and O–H groups in total. The van der Waals surface area contributed by atoms with Gasteiger partial charge in [0.05, 0.1) is 11.4 Å². The van der Waals surface area contributed by atoms with Crippen molar-refractivity contribution in [2.75, 3.05) is 0 Å². The van der Waals surface area contributed by atoms with Crippen molar-refractivity contribution in [1.29, 1.82) is 0 Å². The smallest absolute Gasteiger partial charge is 0.247 e. The fourth-order valence-corrected chi connectivity index (χ4v) is 4.66. The first-order valence-electron chi connectivity index (χ1n) is 7.56. The van der Waals surface area contributed by atoms with Gasteiger partial charge in [0.1, 0.15) is 0 Å². The largest absolute Gasteiger partial charge is 0.420 e. The number of thioether (sulfide) groups is 1. The van der Waals surface area contributed by atoms with Gasteiger partial charge in [-0.2, -0.15) is 0 Å². The topological polar surface area (TPSA) is 56.7 Å². The molecule has 0 radical (unpaired) electrons. The summed E-state index contributed by atoms with van der Waals surface area (Å²) in [6, 6.07) is 17.6. The molecule has 2 aromatic heterocycles. The number of halogens is 1. The number of para-hydroxylation sites is 1. The summed E-state index contributed by atoms with van der Waals surface area (Å²) in [5, 5.41) is 12.8. The first-order valence-corrected chi connectivity index (χ1v) is 10.6. The summed E-state index contributed by atoms with van der Waals surface area (Å²) < 4.78 is 10.1. The van der Waals surface area contributed by atoms with Crippen LogP contribution >= 0.6 is 51.2 Å². The van der Waals surface area contributed by atoms with Crippen molar-refractivity contribution >= 4 is 51.2 Å². The maximum atomic E-state index is 5.74. The van der Waals surface area contributed by atoms with E-state index in [0.29, 0.717) is 21.5 Å². The normalized spacial score (nSPS) is 11.0. The predicted molar refractivity (Wildman–Crippen MR) is 109 cm³/mol. The lowest BCUT2D eigenvalue weighted by Gasteiger charge is -1.98. The maximum Gasteiger partial charge on any atom is 0.247 e. The Morgan fingerprint density at radius 1 is 1.08 bits per heavy atom. The molecule has 4 aromatic rings. The van der Waals surface area contributed by atoms with Gasteiger partial charge >= 0.3 is 0 Å². The molecule has 0 aliphatic rings. The third-order valence-corrected chi connectivity index (χ3v) is 6.29. The molecule has 0 bridgehead atoms. The highest BCUT2D eigenvalue weighted by atomic mass is 79.9. The van der Waals surface area contributed by atoms with Crippen LogP contribution in [0.5, 0.6) is 0 Å². The summed E-state index contributed by atoms with van der Waals surface area (Å²) >= 11 is 11.8. The molecule has 0 saturated carbocycles. The summed E-state index contributed by atoms with van der Waals surface area (Å²) in [5.74, 6) is 1.61. The van der Waals surface area contributed by atoms with Crippen LogP contribution in [-0.2, 0) is 5.75 Å². The molecule has 0 unspecified atom stereocenters. The average molecular weight is 463 g/mol. The molecule has 0 saturated heterocycles. The fraction of sp³-hybridized carbons (Fsp3) is 0.0588. The van der Waals surface area contributed by atoms with E-state index in [1.54, 1.807) is 4.68 Å². The van der Waals surface area contributed by atoms with Gasteiger partial charge in [-0.15, -0.1) is 15.3 Å². The zero-order valence-corrected chi connectivity index (χ0v) is 17.2. The van der Waals surface area contributed by atoms with Gasteiger partial charge in [-0.3, -0.25) is 0 Å². The van der Waals surface area contributed by atoms with E-state index in [4.69, 9.17) is 16.6 Å².